The Morgan fingerprint density at radius 2 is 1.79 bits per heavy atom. The van der Waals surface area contributed by atoms with Gasteiger partial charge in [0.05, 0.1) is 5.92 Å². The van der Waals surface area contributed by atoms with Crippen LogP contribution in [-0.4, -0.2) is 17.1 Å². The molecule has 178 valence electrons. The molecular formula is C25H21Cl2F3N2O2. The van der Waals surface area contributed by atoms with Crippen LogP contribution in [-0.2, 0) is 11.4 Å². The van der Waals surface area contributed by atoms with Gasteiger partial charge in [0, 0.05) is 27.5 Å². The Morgan fingerprint density at radius 1 is 1.09 bits per heavy atom. The number of alkyl halides is 3. The molecule has 34 heavy (non-hydrogen) atoms. The molecule has 0 spiro atoms. The predicted molar refractivity (Wildman–Crippen MR) is 127 cm³/mol. The van der Waals surface area contributed by atoms with Gasteiger partial charge >= 0.3 is 6.18 Å². The first-order valence-corrected chi connectivity index (χ1v) is 10.9. The Balaban J connectivity index is 1.70. The topological polar surface area (TPSA) is 51.2 Å². The van der Waals surface area contributed by atoms with Crippen molar-refractivity contribution in [1.29, 1.82) is 0 Å². The summed E-state index contributed by atoms with van der Waals surface area (Å²) in [5, 5.41) is 0.245. The number of nitrogens with zero attached hydrogens (tertiary/aromatic N) is 1. The number of aromatic nitrogens is 1. The third-order valence-electron chi connectivity index (χ3n) is 4.95. The maximum absolute atomic E-state index is 13.7. The van der Waals surface area contributed by atoms with Crippen LogP contribution in [0.25, 0.3) is 6.08 Å². The SMILES string of the molecule is Cc1ccc(CONC(=O)c2ccc(C=CC(c3cc(Cl)cc(Cl)c3)C(F)(F)F)cc2C)cn1. The summed E-state index contributed by atoms with van der Waals surface area (Å²) in [4.78, 5) is 21.8. The lowest BCUT2D eigenvalue weighted by molar-refractivity contribution is -0.139. The zero-order valence-corrected chi connectivity index (χ0v) is 19.8. The minimum absolute atomic E-state index is 0.0603. The Hall–Kier alpha value is -2.87. The molecule has 3 aromatic rings. The number of halogens is 5. The molecule has 0 bridgehead atoms. The van der Waals surface area contributed by atoms with Gasteiger partial charge in [0.2, 0.25) is 0 Å². The number of pyridine rings is 1. The highest BCUT2D eigenvalue weighted by molar-refractivity contribution is 6.34. The Kier molecular flexibility index (Phi) is 8.36. The molecule has 2 aromatic carbocycles. The van der Waals surface area contributed by atoms with Gasteiger partial charge in [0.1, 0.15) is 6.61 Å². The van der Waals surface area contributed by atoms with Crippen LogP contribution in [0.3, 0.4) is 0 Å². The van der Waals surface area contributed by atoms with E-state index >= 15 is 0 Å². The number of rotatable bonds is 7. The van der Waals surface area contributed by atoms with Crippen molar-refractivity contribution in [2.75, 3.05) is 0 Å². The fourth-order valence-corrected chi connectivity index (χ4v) is 3.78. The van der Waals surface area contributed by atoms with E-state index < -0.39 is 18.0 Å². The molecule has 0 aliphatic heterocycles. The van der Waals surface area contributed by atoms with Crippen molar-refractivity contribution in [1.82, 2.24) is 10.5 Å². The number of benzene rings is 2. The lowest BCUT2D eigenvalue weighted by Gasteiger charge is -2.18. The second-order valence-corrected chi connectivity index (χ2v) is 8.56. The summed E-state index contributed by atoms with van der Waals surface area (Å²) >= 11 is 11.8. The number of carbonyl (C=O) groups excluding carboxylic acids is 1. The zero-order valence-electron chi connectivity index (χ0n) is 18.3. The average molecular weight is 509 g/mol. The number of hydrogen-bond donors (Lipinski definition) is 1. The monoisotopic (exact) mass is 508 g/mol. The van der Waals surface area contributed by atoms with Gasteiger partial charge in [0.15, 0.2) is 0 Å². The zero-order chi connectivity index (χ0) is 24.9. The van der Waals surface area contributed by atoms with Crippen LogP contribution in [0.4, 0.5) is 13.2 Å². The summed E-state index contributed by atoms with van der Waals surface area (Å²) in [5.74, 6) is -2.36. The second-order valence-electron chi connectivity index (χ2n) is 7.68. The van der Waals surface area contributed by atoms with Crippen LogP contribution in [0, 0.1) is 13.8 Å². The standard InChI is InChI=1S/C25H21Cl2F3N2O2/c1-15-9-17(6-8-23(25(28,29)30)19-10-20(26)12-21(27)11-19)5-7-22(15)24(33)32-34-14-18-4-3-16(2)31-13-18/h3-13,23H,14H2,1-2H3,(H,32,33). The van der Waals surface area contributed by atoms with Crippen LogP contribution in [0.2, 0.25) is 10.0 Å². The molecule has 0 saturated carbocycles. The summed E-state index contributed by atoms with van der Waals surface area (Å²) in [5.41, 5.74) is 5.39. The molecule has 1 N–H and O–H groups in total. The number of hydroxylamine groups is 1. The van der Waals surface area contributed by atoms with E-state index in [-0.39, 0.29) is 22.2 Å². The van der Waals surface area contributed by atoms with Crippen LogP contribution in [0.5, 0.6) is 0 Å². The van der Waals surface area contributed by atoms with Gasteiger partial charge in [-0.15, -0.1) is 0 Å². The molecule has 0 aliphatic rings. The van der Waals surface area contributed by atoms with Crippen molar-refractivity contribution in [3.05, 3.63) is 104 Å². The largest absolute Gasteiger partial charge is 0.399 e. The highest BCUT2D eigenvalue weighted by atomic mass is 35.5. The van der Waals surface area contributed by atoms with Crippen LogP contribution in [0.15, 0.2) is 60.8 Å². The van der Waals surface area contributed by atoms with E-state index in [2.05, 4.69) is 10.5 Å². The van der Waals surface area contributed by atoms with Gasteiger partial charge in [-0.05, 0) is 66.4 Å². The van der Waals surface area contributed by atoms with Crippen molar-refractivity contribution in [3.8, 4) is 0 Å². The predicted octanol–water partition coefficient (Wildman–Crippen LogP) is 7.23. The van der Waals surface area contributed by atoms with Gasteiger partial charge in [-0.2, -0.15) is 13.2 Å². The first-order valence-electron chi connectivity index (χ1n) is 10.2. The maximum Gasteiger partial charge on any atom is 0.399 e. The molecule has 1 unspecified atom stereocenters. The number of nitrogens with one attached hydrogen (secondary N) is 1. The maximum atomic E-state index is 13.7. The Labute approximate surface area is 205 Å². The molecule has 1 heterocycles. The Bertz CT molecular complexity index is 1180. The molecule has 0 radical (unpaired) electrons. The lowest BCUT2D eigenvalue weighted by atomic mass is 9.96. The molecule has 0 fully saturated rings. The third-order valence-corrected chi connectivity index (χ3v) is 5.39. The van der Waals surface area contributed by atoms with Crippen molar-refractivity contribution in [2.45, 2.75) is 32.5 Å². The minimum Gasteiger partial charge on any atom is -0.269 e. The molecule has 1 atom stereocenters. The first kappa shape index (κ1) is 25.7. The second kappa shape index (κ2) is 11.0. The van der Waals surface area contributed by atoms with E-state index in [0.29, 0.717) is 16.7 Å². The van der Waals surface area contributed by atoms with Crippen molar-refractivity contribution >= 4 is 35.2 Å². The van der Waals surface area contributed by atoms with Crippen molar-refractivity contribution in [2.24, 2.45) is 0 Å². The molecule has 0 aliphatic carbocycles. The number of hydrogen-bond acceptors (Lipinski definition) is 3. The molecule has 4 nitrogen and oxygen atoms in total. The summed E-state index contributed by atoms with van der Waals surface area (Å²) in [6, 6.07) is 12.2. The highest BCUT2D eigenvalue weighted by Crippen LogP contribution is 2.38. The normalized spacial score (nSPS) is 12.7. The van der Waals surface area contributed by atoms with E-state index in [1.165, 1.54) is 30.3 Å². The number of aryl methyl sites for hydroxylation is 2. The van der Waals surface area contributed by atoms with Gasteiger partial charge < -0.3 is 0 Å². The van der Waals surface area contributed by atoms with Crippen LogP contribution in [0.1, 0.15) is 44.2 Å². The fourth-order valence-electron chi connectivity index (χ4n) is 3.24. The van der Waals surface area contributed by atoms with E-state index in [1.54, 1.807) is 25.3 Å². The van der Waals surface area contributed by atoms with Gasteiger partial charge in [-0.25, -0.2) is 5.48 Å². The molecule has 9 heteroatoms. The first-order chi connectivity index (χ1) is 16.0. The van der Waals surface area contributed by atoms with Crippen LogP contribution >= 0.6 is 23.2 Å². The summed E-state index contributed by atoms with van der Waals surface area (Å²) in [6.07, 6.45) is -0.499. The van der Waals surface area contributed by atoms with Gasteiger partial charge in [0.25, 0.3) is 5.91 Å². The molecule has 3 rings (SSSR count). The van der Waals surface area contributed by atoms with E-state index in [0.717, 1.165) is 17.3 Å². The van der Waals surface area contributed by atoms with E-state index in [4.69, 9.17) is 28.0 Å². The lowest BCUT2D eigenvalue weighted by Crippen LogP contribution is -2.24. The number of amides is 1. The summed E-state index contributed by atoms with van der Waals surface area (Å²) in [6.45, 7) is 3.70. The quantitative estimate of drug-likeness (QED) is 0.342. The van der Waals surface area contributed by atoms with Gasteiger partial charge in [-0.3, -0.25) is 14.6 Å². The minimum atomic E-state index is -4.54. The number of carbonyl (C=O) groups is 1. The van der Waals surface area contributed by atoms with E-state index in [1.807, 2.05) is 19.1 Å². The van der Waals surface area contributed by atoms with Crippen molar-refractivity contribution < 1.29 is 22.8 Å². The molecular weight excluding hydrogens is 488 g/mol. The fraction of sp³-hybridized carbons (Fsp3) is 0.200. The summed E-state index contributed by atoms with van der Waals surface area (Å²) in [7, 11) is 0. The van der Waals surface area contributed by atoms with E-state index in [9.17, 15) is 18.0 Å². The summed E-state index contributed by atoms with van der Waals surface area (Å²) < 4.78 is 41.0. The van der Waals surface area contributed by atoms with Crippen molar-refractivity contribution in [3.63, 3.8) is 0 Å². The Morgan fingerprint density at radius 3 is 2.38 bits per heavy atom. The van der Waals surface area contributed by atoms with Crippen LogP contribution < -0.4 is 5.48 Å². The average Bonchev–Trinajstić information content (AvgIpc) is 2.73. The third kappa shape index (κ3) is 7.06. The molecule has 1 amide bonds. The molecule has 1 aromatic heterocycles. The highest BCUT2D eigenvalue weighted by Gasteiger charge is 2.39. The molecule has 0 saturated heterocycles. The van der Waals surface area contributed by atoms with Gasteiger partial charge in [-0.1, -0.05) is 53.6 Å². The smallest absolute Gasteiger partial charge is 0.269 e. The number of allylic oxidation sites excluding steroid dienone is 1.